The Morgan fingerprint density at radius 1 is 1.52 bits per heavy atom. The van der Waals surface area contributed by atoms with E-state index in [9.17, 15) is 8.42 Å². The Labute approximate surface area is 127 Å². The zero-order valence-corrected chi connectivity index (χ0v) is 13.5. The van der Waals surface area contributed by atoms with Crippen LogP contribution in [0, 0.1) is 0 Å². The van der Waals surface area contributed by atoms with Crippen LogP contribution in [0.15, 0.2) is 16.6 Å². The van der Waals surface area contributed by atoms with E-state index in [2.05, 4.69) is 10.4 Å². The van der Waals surface area contributed by atoms with Crippen molar-refractivity contribution in [3.8, 4) is 0 Å². The van der Waals surface area contributed by atoms with Crippen molar-refractivity contribution in [2.24, 2.45) is 5.84 Å². The van der Waals surface area contributed by atoms with E-state index in [1.165, 1.54) is 15.6 Å². The predicted octanol–water partition coefficient (Wildman–Crippen LogP) is 0.00600. The minimum Gasteiger partial charge on any atom is -0.306 e. The van der Waals surface area contributed by atoms with Gasteiger partial charge in [-0.1, -0.05) is 0 Å². The fraction of sp³-hybridized carbons (Fsp3) is 0.545. The van der Waals surface area contributed by atoms with Crippen LogP contribution in [-0.4, -0.2) is 60.2 Å². The molecule has 0 saturated carbocycles. The molecule has 3 N–H and O–H groups in total. The Balaban J connectivity index is 2.03. The van der Waals surface area contributed by atoms with Crippen molar-refractivity contribution in [2.75, 3.05) is 32.6 Å². The topological polar surface area (TPSA) is 96.0 Å². The second kappa shape index (κ2) is 5.21. The van der Waals surface area contributed by atoms with Crippen LogP contribution in [0.3, 0.4) is 0 Å². The Bertz CT molecular complexity index is 750. The molecule has 10 heteroatoms. The van der Waals surface area contributed by atoms with Crippen molar-refractivity contribution in [1.29, 1.82) is 0 Å². The van der Waals surface area contributed by atoms with Gasteiger partial charge in [0.1, 0.15) is 0 Å². The van der Waals surface area contributed by atoms with Crippen molar-refractivity contribution in [3.63, 3.8) is 0 Å². The van der Waals surface area contributed by atoms with Gasteiger partial charge >= 0.3 is 0 Å². The third kappa shape index (κ3) is 2.32. The molecule has 2 aromatic rings. The highest BCUT2D eigenvalue weighted by molar-refractivity contribution is 7.89. The summed E-state index contributed by atoms with van der Waals surface area (Å²) in [6.45, 7) is 0.989. The summed E-state index contributed by atoms with van der Waals surface area (Å²) in [6, 6.07) is 0.236. The first kappa shape index (κ1) is 14.7. The van der Waals surface area contributed by atoms with Gasteiger partial charge in [0.25, 0.3) is 10.0 Å². The van der Waals surface area contributed by atoms with Gasteiger partial charge in [-0.25, -0.2) is 14.3 Å². The zero-order valence-electron chi connectivity index (χ0n) is 11.9. The van der Waals surface area contributed by atoms with Crippen LogP contribution >= 0.6 is 11.3 Å². The number of nitrogens with two attached hydrogens (primary N) is 1. The maximum atomic E-state index is 12.9. The summed E-state index contributed by atoms with van der Waals surface area (Å²) in [6.07, 6.45) is 2.52. The number of nitrogen functional groups attached to an aromatic ring is 1. The van der Waals surface area contributed by atoms with Gasteiger partial charge in [-0.2, -0.15) is 9.29 Å². The summed E-state index contributed by atoms with van der Waals surface area (Å²) in [4.78, 5) is 6.86. The zero-order chi connectivity index (χ0) is 15.2. The van der Waals surface area contributed by atoms with Gasteiger partial charge in [-0.3, -0.25) is 4.40 Å². The second-order valence-electron chi connectivity index (χ2n) is 5.23. The van der Waals surface area contributed by atoms with Crippen LogP contribution < -0.4 is 11.3 Å². The number of nitrogens with zero attached hydrogens (tertiary/aromatic N) is 4. The van der Waals surface area contributed by atoms with Crippen molar-refractivity contribution in [3.05, 3.63) is 11.6 Å². The minimum absolute atomic E-state index is 0.112. The van der Waals surface area contributed by atoms with Crippen molar-refractivity contribution < 1.29 is 8.42 Å². The fourth-order valence-corrected chi connectivity index (χ4v) is 5.05. The molecule has 1 fully saturated rings. The lowest BCUT2D eigenvalue weighted by Gasteiger charge is -2.20. The molecule has 1 aliphatic heterocycles. The van der Waals surface area contributed by atoms with Crippen molar-refractivity contribution >= 4 is 32.1 Å². The molecule has 1 unspecified atom stereocenters. The van der Waals surface area contributed by atoms with E-state index >= 15 is 0 Å². The molecule has 0 amide bonds. The first-order valence-corrected chi connectivity index (χ1v) is 8.86. The first-order chi connectivity index (χ1) is 9.95. The lowest BCUT2D eigenvalue weighted by molar-refractivity contribution is 0.302. The number of rotatable bonds is 4. The van der Waals surface area contributed by atoms with Gasteiger partial charge in [0, 0.05) is 30.7 Å². The van der Waals surface area contributed by atoms with E-state index in [1.54, 1.807) is 16.0 Å². The Hall–Kier alpha value is -1.20. The molecule has 1 saturated heterocycles. The molecular weight excluding hydrogens is 312 g/mol. The molecule has 0 bridgehead atoms. The number of imidazole rings is 1. The number of fused-ring (bicyclic) bond motifs is 1. The van der Waals surface area contributed by atoms with Crippen molar-refractivity contribution in [1.82, 2.24) is 18.6 Å². The smallest absolute Gasteiger partial charge is 0.263 e. The molecule has 3 rings (SSSR count). The number of likely N-dealkylation sites (N-methyl/N-ethyl adjacent to an activating group) is 1. The summed E-state index contributed by atoms with van der Waals surface area (Å²) in [5, 5.41) is 1.91. The lowest BCUT2D eigenvalue weighted by Crippen LogP contribution is -2.35. The number of aromatic nitrogens is 2. The molecule has 2 aromatic heterocycles. The predicted molar refractivity (Wildman–Crippen MR) is 81.7 cm³/mol. The fourth-order valence-electron chi connectivity index (χ4n) is 2.58. The van der Waals surface area contributed by atoms with Gasteiger partial charge in [-0.15, -0.1) is 11.3 Å². The summed E-state index contributed by atoms with van der Waals surface area (Å²) >= 11 is 1.37. The standard InChI is InChI=1S/C11H18N6O2S2/c1-15(2)8-3-4-16(7-8)21(18,19)10-9(14-12)13-11-17(10)5-6-20-11/h5-6,8,14H,3-4,7,12H2,1-2H3. The van der Waals surface area contributed by atoms with Crippen LogP contribution in [0.4, 0.5) is 5.82 Å². The third-order valence-electron chi connectivity index (χ3n) is 3.80. The molecule has 116 valence electrons. The maximum absolute atomic E-state index is 12.9. The highest BCUT2D eigenvalue weighted by Gasteiger charge is 2.37. The molecule has 0 radical (unpaired) electrons. The molecule has 0 aromatic carbocycles. The summed E-state index contributed by atoms with van der Waals surface area (Å²) in [5.74, 6) is 5.62. The highest BCUT2D eigenvalue weighted by atomic mass is 32.2. The maximum Gasteiger partial charge on any atom is 0.263 e. The average molecular weight is 330 g/mol. The van der Waals surface area contributed by atoms with E-state index in [4.69, 9.17) is 5.84 Å². The van der Waals surface area contributed by atoms with Gasteiger partial charge in [0.15, 0.2) is 10.8 Å². The number of hydrazine groups is 1. The molecule has 1 aliphatic rings. The van der Waals surface area contributed by atoms with Crippen molar-refractivity contribution in [2.45, 2.75) is 17.5 Å². The van der Waals surface area contributed by atoms with E-state index < -0.39 is 10.0 Å². The number of hydrogen-bond acceptors (Lipinski definition) is 7. The minimum atomic E-state index is -3.63. The SMILES string of the molecule is CN(C)C1CCN(S(=O)(=O)c2c(NN)nc3sccn23)C1. The Kier molecular flexibility index (Phi) is 3.66. The van der Waals surface area contributed by atoms with Gasteiger partial charge in [-0.05, 0) is 20.5 Å². The molecule has 3 heterocycles. The average Bonchev–Trinajstić information content (AvgIpc) is 3.12. The molecule has 0 aliphatic carbocycles. The van der Waals surface area contributed by atoms with E-state index in [0.29, 0.717) is 18.1 Å². The molecule has 8 nitrogen and oxygen atoms in total. The quantitative estimate of drug-likeness (QED) is 0.605. The van der Waals surface area contributed by atoms with E-state index in [-0.39, 0.29) is 16.9 Å². The van der Waals surface area contributed by atoms with E-state index in [0.717, 1.165) is 6.42 Å². The molecule has 21 heavy (non-hydrogen) atoms. The van der Waals surface area contributed by atoms with Gasteiger partial charge in [0.05, 0.1) is 0 Å². The van der Waals surface area contributed by atoms with Crippen LogP contribution in [-0.2, 0) is 10.0 Å². The Morgan fingerprint density at radius 2 is 2.29 bits per heavy atom. The van der Waals surface area contributed by atoms with Crippen LogP contribution in [0.1, 0.15) is 6.42 Å². The number of anilines is 1. The third-order valence-corrected chi connectivity index (χ3v) is 6.44. The van der Waals surface area contributed by atoms with Gasteiger partial charge < -0.3 is 10.3 Å². The molecule has 1 atom stereocenters. The van der Waals surface area contributed by atoms with Crippen LogP contribution in [0.2, 0.25) is 0 Å². The monoisotopic (exact) mass is 330 g/mol. The normalized spacial score (nSPS) is 20.7. The first-order valence-electron chi connectivity index (χ1n) is 6.54. The summed E-state index contributed by atoms with van der Waals surface area (Å²) < 4.78 is 28.9. The highest BCUT2D eigenvalue weighted by Crippen LogP contribution is 2.30. The number of nitrogens with one attached hydrogen (secondary N) is 1. The number of thiazole rings is 1. The lowest BCUT2D eigenvalue weighted by atomic mass is 10.2. The van der Waals surface area contributed by atoms with Crippen LogP contribution in [0.25, 0.3) is 4.96 Å². The Morgan fingerprint density at radius 3 is 2.90 bits per heavy atom. The second-order valence-corrected chi connectivity index (χ2v) is 7.96. The molecular formula is C11H18N6O2S2. The van der Waals surface area contributed by atoms with Gasteiger partial charge in [0.2, 0.25) is 5.03 Å². The summed E-state index contributed by atoms with van der Waals surface area (Å²) in [7, 11) is 0.294. The number of hydrogen-bond donors (Lipinski definition) is 2. The van der Waals surface area contributed by atoms with Crippen LogP contribution in [0.5, 0.6) is 0 Å². The largest absolute Gasteiger partial charge is 0.306 e. The number of sulfonamides is 1. The summed E-state index contributed by atoms with van der Waals surface area (Å²) in [5.41, 5.74) is 2.39. The molecule has 0 spiro atoms. The van der Waals surface area contributed by atoms with E-state index in [1.807, 2.05) is 19.0 Å².